The molecule has 2 aliphatic rings. The zero-order valence-corrected chi connectivity index (χ0v) is 18.3. The predicted octanol–water partition coefficient (Wildman–Crippen LogP) is 3.16. The van der Waals surface area contributed by atoms with E-state index in [-0.39, 0.29) is 41.1 Å². The number of carbonyl (C=O) groups is 1. The van der Waals surface area contributed by atoms with Gasteiger partial charge in [0.1, 0.15) is 12.4 Å². The Bertz CT molecular complexity index is 1120. The quantitative estimate of drug-likeness (QED) is 0.779. The van der Waals surface area contributed by atoms with Crippen LogP contribution in [0.5, 0.6) is 0 Å². The van der Waals surface area contributed by atoms with Crippen molar-refractivity contribution in [2.75, 3.05) is 28.3 Å². The lowest BCUT2D eigenvalue weighted by Crippen LogP contribution is -2.36. The minimum absolute atomic E-state index is 0.0118. The molecule has 0 bridgehead atoms. The maximum Gasteiger partial charge on any atom is 0.244 e. The molecule has 30 heavy (non-hydrogen) atoms. The van der Waals surface area contributed by atoms with Gasteiger partial charge in [0.15, 0.2) is 15.0 Å². The summed E-state index contributed by atoms with van der Waals surface area (Å²) in [6.07, 6.45) is 0. The van der Waals surface area contributed by atoms with Gasteiger partial charge in [0.2, 0.25) is 5.91 Å². The third-order valence-electron chi connectivity index (χ3n) is 5.27. The van der Waals surface area contributed by atoms with Crippen LogP contribution in [0, 0.1) is 19.7 Å². The molecule has 158 valence electrons. The number of fused-ring (bicyclic) bond motifs is 1. The van der Waals surface area contributed by atoms with Gasteiger partial charge in [0.05, 0.1) is 17.5 Å². The third-order valence-corrected chi connectivity index (χ3v) is 8.52. The van der Waals surface area contributed by atoms with Gasteiger partial charge < -0.3 is 10.2 Å². The van der Waals surface area contributed by atoms with Gasteiger partial charge in [-0.15, -0.1) is 0 Å². The van der Waals surface area contributed by atoms with E-state index in [0.717, 1.165) is 16.8 Å². The van der Waals surface area contributed by atoms with Crippen LogP contribution in [0.2, 0.25) is 0 Å². The average molecular weight is 448 g/mol. The number of hydrogen-bond acceptors (Lipinski definition) is 6. The molecular formula is C21H22FN3O3S2. The Morgan fingerprint density at radius 1 is 1.17 bits per heavy atom. The number of amidine groups is 1. The van der Waals surface area contributed by atoms with Crippen molar-refractivity contribution >= 4 is 44.0 Å². The average Bonchev–Trinajstić information content (AvgIpc) is 3.17. The molecule has 0 radical (unpaired) electrons. The van der Waals surface area contributed by atoms with Crippen LogP contribution >= 0.6 is 11.8 Å². The molecule has 4 rings (SSSR count). The Morgan fingerprint density at radius 3 is 2.57 bits per heavy atom. The number of aliphatic imine (C=N–C) groups is 1. The Balaban J connectivity index is 1.58. The fraction of sp³-hybridized carbons (Fsp3) is 0.333. The highest BCUT2D eigenvalue weighted by atomic mass is 32.2. The van der Waals surface area contributed by atoms with Crippen molar-refractivity contribution in [3.05, 3.63) is 59.4 Å². The maximum absolute atomic E-state index is 13.1. The first-order chi connectivity index (χ1) is 14.2. The van der Waals surface area contributed by atoms with Crippen LogP contribution in [-0.4, -0.2) is 48.8 Å². The van der Waals surface area contributed by atoms with Gasteiger partial charge in [-0.1, -0.05) is 17.8 Å². The molecule has 0 saturated carbocycles. The van der Waals surface area contributed by atoms with E-state index in [4.69, 9.17) is 0 Å². The van der Waals surface area contributed by atoms with E-state index in [9.17, 15) is 17.6 Å². The van der Waals surface area contributed by atoms with E-state index >= 15 is 0 Å². The summed E-state index contributed by atoms with van der Waals surface area (Å²) < 4.78 is 36.9. The van der Waals surface area contributed by atoms with Gasteiger partial charge in [0, 0.05) is 16.6 Å². The lowest BCUT2D eigenvalue weighted by molar-refractivity contribution is -0.114. The predicted molar refractivity (Wildman–Crippen MR) is 120 cm³/mol. The number of aryl methyl sites for hydroxylation is 2. The summed E-state index contributed by atoms with van der Waals surface area (Å²) in [7, 11) is -3.06. The van der Waals surface area contributed by atoms with Crippen molar-refractivity contribution in [1.29, 1.82) is 0 Å². The van der Waals surface area contributed by atoms with E-state index in [0.29, 0.717) is 10.9 Å². The van der Waals surface area contributed by atoms with Crippen LogP contribution in [0.15, 0.2) is 47.5 Å². The van der Waals surface area contributed by atoms with E-state index in [1.54, 1.807) is 0 Å². The molecule has 2 atom stereocenters. The Labute approximate surface area is 179 Å². The highest BCUT2D eigenvalue weighted by molar-refractivity contribution is 8.15. The number of hydrogen-bond donors (Lipinski definition) is 1. The summed E-state index contributed by atoms with van der Waals surface area (Å²) in [6, 6.07) is 11.2. The van der Waals surface area contributed by atoms with Gasteiger partial charge >= 0.3 is 0 Å². The van der Waals surface area contributed by atoms with E-state index in [2.05, 4.69) is 10.3 Å². The summed E-state index contributed by atoms with van der Waals surface area (Å²) in [5.41, 5.74) is 3.55. The van der Waals surface area contributed by atoms with E-state index in [1.165, 1.54) is 36.0 Å². The minimum Gasteiger partial charge on any atom is -0.325 e. The molecule has 0 unspecified atom stereocenters. The fourth-order valence-electron chi connectivity index (χ4n) is 3.51. The molecule has 2 aliphatic heterocycles. The monoisotopic (exact) mass is 447 g/mol. The topological polar surface area (TPSA) is 78.8 Å². The summed E-state index contributed by atoms with van der Waals surface area (Å²) in [4.78, 5) is 19.2. The smallest absolute Gasteiger partial charge is 0.244 e. The van der Waals surface area contributed by atoms with Crippen molar-refractivity contribution in [3.8, 4) is 0 Å². The molecule has 9 heteroatoms. The SMILES string of the molecule is Cc1ccc(N(CC(=O)Nc2ccc(F)cc2)C2=N[C@H]3CS(=O)(=O)C[C@H]3S2)cc1C. The number of sulfone groups is 1. The lowest BCUT2D eigenvalue weighted by atomic mass is 10.1. The van der Waals surface area contributed by atoms with E-state index < -0.39 is 9.84 Å². The Morgan fingerprint density at radius 2 is 1.90 bits per heavy atom. The second kappa shape index (κ2) is 8.03. The number of benzene rings is 2. The Hall–Kier alpha value is -2.39. The number of halogens is 1. The van der Waals surface area contributed by atoms with Gasteiger partial charge in [-0.2, -0.15) is 0 Å². The molecule has 0 aliphatic carbocycles. The first-order valence-corrected chi connectivity index (χ1v) is 12.3. The highest BCUT2D eigenvalue weighted by Gasteiger charge is 2.44. The molecule has 1 N–H and O–H groups in total. The van der Waals surface area contributed by atoms with Crippen molar-refractivity contribution in [3.63, 3.8) is 0 Å². The maximum atomic E-state index is 13.1. The van der Waals surface area contributed by atoms with E-state index in [1.807, 2.05) is 36.9 Å². The zero-order chi connectivity index (χ0) is 21.5. The third kappa shape index (κ3) is 4.52. The molecule has 1 saturated heterocycles. The number of anilines is 2. The molecule has 1 fully saturated rings. The van der Waals surface area contributed by atoms with Crippen molar-refractivity contribution < 1.29 is 17.6 Å². The van der Waals surface area contributed by atoms with Gasteiger partial charge in [-0.3, -0.25) is 9.79 Å². The summed E-state index contributed by atoms with van der Waals surface area (Å²) >= 11 is 1.41. The minimum atomic E-state index is -3.06. The van der Waals surface area contributed by atoms with Crippen molar-refractivity contribution in [2.45, 2.75) is 25.1 Å². The second-order valence-corrected chi connectivity index (χ2v) is 11.0. The lowest BCUT2D eigenvalue weighted by Gasteiger charge is -2.25. The first-order valence-electron chi connectivity index (χ1n) is 9.55. The number of carbonyl (C=O) groups excluding carboxylic acids is 1. The second-order valence-electron chi connectivity index (χ2n) is 7.62. The van der Waals surface area contributed by atoms with Gasteiger partial charge in [-0.25, -0.2) is 12.8 Å². The zero-order valence-electron chi connectivity index (χ0n) is 16.6. The molecule has 2 heterocycles. The molecule has 0 aromatic heterocycles. The number of nitrogens with one attached hydrogen (secondary N) is 1. The normalized spacial score (nSPS) is 21.8. The van der Waals surface area contributed by atoms with Crippen molar-refractivity contribution in [2.24, 2.45) is 4.99 Å². The summed E-state index contributed by atoms with van der Waals surface area (Å²) in [5, 5.41) is 3.31. The summed E-state index contributed by atoms with van der Waals surface area (Å²) in [5.74, 6) is -0.482. The van der Waals surface area contributed by atoms with Gasteiger partial charge in [-0.05, 0) is 61.4 Å². The number of rotatable bonds is 4. The van der Waals surface area contributed by atoms with Crippen molar-refractivity contribution in [1.82, 2.24) is 0 Å². The van der Waals surface area contributed by atoms with Crippen LogP contribution in [0.4, 0.5) is 15.8 Å². The highest BCUT2D eigenvalue weighted by Crippen LogP contribution is 2.37. The molecule has 2 aromatic rings. The van der Waals surface area contributed by atoms with Crippen LogP contribution in [0.1, 0.15) is 11.1 Å². The molecule has 1 amide bonds. The van der Waals surface area contributed by atoms with Crippen LogP contribution in [0.25, 0.3) is 0 Å². The molecular weight excluding hydrogens is 425 g/mol. The number of amides is 1. The van der Waals surface area contributed by atoms with Gasteiger partial charge in [0.25, 0.3) is 0 Å². The fourth-order valence-corrected chi connectivity index (χ4v) is 7.29. The first kappa shape index (κ1) is 20.9. The van der Waals surface area contributed by atoms with Crippen LogP contribution in [0.3, 0.4) is 0 Å². The number of thioether (sulfide) groups is 1. The largest absolute Gasteiger partial charge is 0.325 e. The number of nitrogens with zero attached hydrogens (tertiary/aromatic N) is 2. The molecule has 2 aromatic carbocycles. The van der Waals surface area contributed by atoms with Crippen LogP contribution in [-0.2, 0) is 14.6 Å². The standard InChI is InChI=1S/C21H22FN3O3S2/c1-13-3-8-17(9-14(13)2)25(10-20(26)23-16-6-4-15(22)5-7-16)21-24-18-11-30(27,28)12-19(18)29-21/h3-9,18-19H,10-12H2,1-2H3,(H,23,26)/t18-,19+/m0/s1. The summed E-state index contributed by atoms with van der Waals surface area (Å²) in [6.45, 7) is 4.03. The molecule has 6 nitrogen and oxygen atoms in total. The van der Waals surface area contributed by atoms with Crippen LogP contribution < -0.4 is 10.2 Å². The molecule has 0 spiro atoms. The Kier molecular flexibility index (Phi) is 5.59.